The minimum absolute atomic E-state index is 0.0288. The maximum absolute atomic E-state index is 9.49. The Morgan fingerprint density at radius 3 is 2.90 bits per heavy atom. The summed E-state index contributed by atoms with van der Waals surface area (Å²) in [4.78, 5) is 6.56. The molecule has 1 aromatic heterocycles. The molecule has 1 aliphatic rings. The number of nitrogens with two attached hydrogens (primary N) is 1. The molecule has 0 amide bonds. The van der Waals surface area contributed by atoms with Crippen molar-refractivity contribution in [3.63, 3.8) is 0 Å². The molecule has 5 heteroatoms. The molecule has 0 bridgehead atoms. The Balaban J connectivity index is 2.28. The number of rotatable bonds is 5. The van der Waals surface area contributed by atoms with Crippen LogP contribution in [0, 0.1) is 0 Å². The summed E-state index contributed by atoms with van der Waals surface area (Å²) in [5, 5.41) is 9.49. The Hall–Kier alpha value is -1.01. The second-order valence-electron chi connectivity index (χ2n) is 6.41. The van der Waals surface area contributed by atoms with Gasteiger partial charge in [-0.3, -0.25) is 9.88 Å². The zero-order chi connectivity index (χ0) is 15.5. The van der Waals surface area contributed by atoms with E-state index in [9.17, 15) is 5.11 Å². The first kappa shape index (κ1) is 16.4. The van der Waals surface area contributed by atoms with Gasteiger partial charge >= 0.3 is 0 Å². The van der Waals surface area contributed by atoms with Gasteiger partial charge in [0, 0.05) is 31.5 Å². The van der Waals surface area contributed by atoms with Crippen LogP contribution in [0.25, 0.3) is 0 Å². The van der Waals surface area contributed by atoms with E-state index in [1.807, 2.05) is 12.3 Å². The fraction of sp³-hybridized carbons (Fsp3) is 0.688. The van der Waals surface area contributed by atoms with E-state index < -0.39 is 0 Å². The van der Waals surface area contributed by atoms with Gasteiger partial charge < -0.3 is 15.6 Å². The zero-order valence-electron chi connectivity index (χ0n) is 13.2. The number of hydrogen-bond donors (Lipinski definition) is 2. The molecule has 1 saturated heterocycles. The second kappa shape index (κ2) is 6.83. The molecule has 0 radical (unpaired) electrons. The van der Waals surface area contributed by atoms with Gasteiger partial charge in [0.2, 0.25) is 0 Å². The van der Waals surface area contributed by atoms with E-state index >= 15 is 0 Å². The minimum atomic E-state index is -0.292. The summed E-state index contributed by atoms with van der Waals surface area (Å²) in [5.41, 5.74) is 7.22. The van der Waals surface area contributed by atoms with Crippen molar-refractivity contribution in [1.82, 2.24) is 9.88 Å². The number of aliphatic hydroxyl groups excluding tert-OH is 1. The number of aliphatic hydroxyl groups is 1. The SMILES string of the molecule is CCC(N)C(c1cccnc1)N1CC(CO)OC(C)(C)C1. The fourth-order valence-corrected chi connectivity index (χ4v) is 3.15. The molecule has 5 nitrogen and oxygen atoms in total. The Labute approximate surface area is 127 Å². The molecule has 2 rings (SSSR count). The molecule has 1 aromatic rings. The van der Waals surface area contributed by atoms with E-state index in [0.717, 1.165) is 18.5 Å². The summed E-state index contributed by atoms with van der Waals surface area (Å²) in [6.07, 6.45) is 4.38. The average molecular weight is 293 g/mol. The third-order valence-electron chi connectivity index (χ3n) is 4.01. The molecule has 0 aromatic carbocycles. The Bertz CT molecular complexity index is 438. The molecule has 3 N–H and O–H groups in total. The van der Waals surface area contributed by atoms with Gasteiger partial charge in [0.1, 0.15) is 0 Å². The number of nitrogens with zero attached hydrogens (tertiary/aromatic N) is 2. The number of hydrogen-bond acceptors (Lipinski definition) is 5. The van der Waals surface area contributed by atoms with Gasteiger partial charge in [-0.25, -0.2) is 0 Å². The highest BCUT2D eigenvalue weighted by Gasteiger charge is 2.38. The molecule has 1 aliphatic heterocycles. The molecule has 3 unspecified atom stereocenters. The van der Waals surface area contributed by atoms with Crippen LogP contribution < -0.4 is 5.73 Å². The largest absolute Gasteiger partial charge is 0.394 e. The van der Waals surface area contributed by atoms with Crippen molar-refractivity contribution in [1.29, 1.82) is 0 Å². The molecule has 0 aliphatic carbocycles. The highest BCUT2D eigenvalue weighted by atomic mass is 16.5. The molecule has 21 heavy (non-hydrogen) atoms. The molecule has 3 atom stereocenters. The third kappa shape index (κ3) is 4.01. The van der Waals surface area contributed by atoms with Gasteiger partial charge in [-0.05, 0) is 31.9 Å². The van der Waals surface area contributed by atoms with Gasteiger partial charge in [0.05, 0.1) is 24.4 Å². The summed E-state index contributed by atoms with van der Waals surface area (Å²) in [6.45, 7) is 7.72. The van der Waals surface area contributed by atoms with Crippen molar-refractivity contribution < 1.29 is 9.84 Å². The molecule has 0 spiro atoms. The lowest BCUT2D eigenvalue weighted by Crippen LogP contribution is -2.57. The smallest absolute Gasteiger partial charge is 0.0940 e. The van der Waals surface area contributed by atoms with E-state index in [1.54, 1.807) is 6.20 Å². The molecular weight excluding hydrogens is 266 g/mol. The number of ether oxygens (including phenoxy) is 1. The van der Waals surface area contributed by atoms with Crippen molar-refractivity contribution in [2.24, 2.45) is 5.73 Å². The van der Waals surface area contributed by atoms with Crippen molar-refractivity contribution in [2.45, 2.75) is 51.0 Å². The predicted molar refractivity (Wildman–Crippen MR) is 82.9 cm³/mol. The summed E-state index contributed by atoms with van der Waals surface area (Å²) in [6, 6.07) is 4.15. The topological polar surface area (TPSA) is 71.6 Å². The zero-order valence-corrected chi connectivity index (χ0v) is 13.2. The first-order valence-electron chi connectivity index (χ1n) is 7.65. The van der Waals surface area contributed by atoms with E-state index in [0.29, 0.717) is 6.54 Å². The van der Waals surface area contributed by atoms with Crippen LogP contribution in [-0.2, 0) is 4.74 Å². The quantitative estimate of drug-likeness (QED) is 0.857. The maximum atomic E-state index is 9.49. The van der Waals surface area contributed by atoms with Crippen LogP contribution in [0.1, 0.15) is 38.8 Å². The first-order valence-corrected chi connectivity index (χ1v) is 7.65. The monoisotopic (exact) mass is 293 g/mol. The molecular formula is C16H27N3O2. The maximum Gasteiger partial charge on any atom is 0.0940 e. The van der Waals surface area contributed by atoms with Gasteiger partial charge in [0.25, 0.3) is 0 Å². The normalized spacial score (nSPS) is 25.5. The van der Waals surface area contributed by atoms with Gasteiger partial charge in [0.15, 0.2) is 0 Å². The van der Waals surface area contributed by atoms with Crippen LogP contribution in [0.5, 0.6) is 0 Å². The van der Waals surface area contributed by atoms with Gasteiger partial charge in [-0.1, -0.05) is 13.0 Å². The van der Waals surface area contributed by atoms with E-state index in [1.165, 1.54) is 0 Å². The molecule has 0 saturated carbocycles. The van der Waals surface area contributed by atoms with E-state index in [-0.39, 0.29) is 30.4 Å². The number of morpholine rings is 1. The second-order valence-corrected chi connectivity index (χ2v) is 6.41. The van der Waals surface area contributed by atoms with Crippen molar-refractivity contribution in [3.05, 3.63) is 30.1 Å². The predicted octanol–water partition coefficient (Wildman–Crippen LogP) is 1.33. The first-order chi connectivity index (χ1) is 9.96. The van der Waals surface area contributed by atoms with Crippen molar-refractivity contribution in [2.75, 3.05) is 19.7 Å². The van der Waals surface area contributed by atoms with Crippen molar-refractivity contribution >= 4 is 0 Å². The average Bonchev–Trinajstić information content (AvgIpc) is 2.46. The highest BCUT2D eigenvalue weighted by Crippen LogP contribution is 2.31. The highest BCUT2D eigenvalue weighted by molar-refractivity contribution is 5.17. The van der Waals surface area contributed by atoms with Crippen LogP contribution >= 0.6 is 0 Å². The lowest BCUT2D eigenvalue weighted by Gasteiger charge is -2.47. The molecule has 1 fully saturated rings. The summed E-state index contributed by atoms with van der Waals surface area (Å²) in [5.74, 6) is 0. The summed E-state index contributed by atoms with van der Waals surface area (Å²) < 4.78 is 5.90. The van der Waals surface area contributed by atoms with Crippen LogP contribution in [0.15, 0.2) is 24.5 Å². The fourth-order valence-electron chi connectivity index (χ4n) is 3.15. The van der Waals surface area contributed by atoms with Crippen molar-refractivity contribution in [3.8, 4) is 0 Å². The lowest BCUT2D eigenvalue weighted by atomic mass is 9.94. The van der Waals surface area contributed by atoms with Gasteiger partial charge in [-0.2, -0.15) is 0 Å². The van der Waals surface area contributed by atoms with Crippen LogP contribution in [0.3, 0.4) is 0 Å². The van der Waals surface area contributed by atoms with E-state index in [2.05, 4.69) is 36.7 Å². The van der Waals surface area contributed by atoms with Crippen LogP contribution in [-0.4, -0.2) is 52.4 Å². The number of pyridine rings is 1. The van der Waals surface area contributed by atoms with E-state index in [4.69, 9.17) is 10.5 Å². The Morgan fingerprint density at radius 2 is 2.33 bits per heavy atom. The van der Waals surface area contributed by atoms with Crippen LogP contribution in [0.2, 0.25) is 0 Å². The third-order valence-corrected chi connectivity index (χ3v) is 4.01. The number of aromatic nitrogens is 1. The standard InChI is InChI=1S/C16H27N3O2/c1-4-14(17)15(12-6-5-7-18-8-12)19-9-13(10-20)21-16(2,3)11-19/h5-8,13-15,20H,4,9-11,17H2,1-3H3. The summed E-state index contributed by atoms with van der Waals surface area (Å²) >= 11 is 0. The molecule has 118 valence electrons. The van der Waals surface area contributed by atoms with Crippen LogP contribution in [0.4, 0.5) is 0 Å². The summed E-state index contributed by atoms with van der Waals surface area (Å²) in [7, 11) is 0. The Morgan fingerprint density at radius 1 is 1.57 bits per heavy atom. The molecule has 2 heterocycles. The van der Waals surface area contributed by atoms with Gasteiger partial charge in [-0.15, -0.1) is 0 Å². The Kier molecular flexibility index (Phi) is 5.32. The minimum Gasteiger partial charge on any atom is -0.394 e. The lowest BCUT2D eigenvalue weighted by molar-refractivity contribution is -0.159.